The van der Waals surface area contributed by atoms with E-state index in [4.69, 9.17) is 37.0 Å². The van der Waals surface area contributed by atoms with Gasteiger partial charge in [0, 0.05) is 25.7 Å². The van der Waals surface area contributed by atoms with Crippen molar-refractivity contribution >= 4 is 39.5 Å². The van der Waals surface area contributed by atoms with Crippen molar-refractivity contribution in [2.45, 2.75) is 453 Å². The molecule has 0 saturated heterocycles. The maximum absolute atomic E-state index is 13.1. The predicted molar refractivity (Wildman–Crippen MR) is 423 cm³/mol. The van der Waals surface area contributed by atoms with E-state index >= 15 is 0 Å². The summed E-state index contributed by atoms with van der Waals surface area (Å²) in [6, 6.07) is 0. The number of rotatable bonds is 81. The number of carbonyl (C=O) groups is 4. The lowest BCUT2D eigenvalue weighted by Crippen LogP contribution is -2.30. The Balaban J connectivity index is 5.23. The third-order valence-electron chi connectivity index (χ3n) is 20.3. The normalized spacial score (nSPS) is 14.5. The first-order chi connectivity index (χ1) is 49.7. The molecule has 0 aromatic rings. The topological polar surface area (TPSA) is 237 Å². The number of aliphatic hydroxyl groups excluding tert-OH is 1. The van der Waals surface area contributed by atoms with Gasteiger partial charge in [-0.05, 0) is 49.4 Å². The SMILES string of the molecule is CCC(C)CCCCCCCCCCCCCCCCCCCCC(=O)O[C@H](COC(=O)CCCCCCCCCCCCCCCCC(C)C)COP(=O)(O)OCC(O)COP(=O)(O)OC[C@@H](COC(=O)CCCCCCCCCC(C)C)OC(=O)CCCCCCCCCCCCC(C)CC. The van der Waals surface area contributed by atoms with Gasteiger partial charge in [0.05, 0.1) is 26.4 Å². The molecule has 19 heteroatoms. The minimum Gasteiger partial charge on any atom is -0.462 e. The molecular weight excluding hydrogens is 1340 g/mol. The van der Waals surface area contributed by atoms with Crippen molar-refractivity contribution in [3.05, 3.63) is 0 Å². The van der Waals surface area contributed by atoms with E-state index in [1.807, 2.05) is 0 Å². The molecule has 103 heavy (non-hydrogen) atoms. The largest absolute Gasteiger partial charge is 0.472 e. The zero-order valence-electron chi connectivity index (χ0n) is 68.0. The zero-order valence-corrected chi connectivity index (χ0v) is 69.7. The number of esters is 4. The summed E-state index contributed by atoms with van der Waals surface area (Å²) in [5, 5.41) is 10.7. The number of phosphoric ester groups is 2. The Morgan fingerprint density at radius 3 is 0.689 bits per heavy atom. The van der Waals surface area contributed by atoms with Gasteiger partial charge in [0.1, 0.15) is 19.3 Å². The molecule has 0 radical (unpaired) electrons. The number of hydrogen-bond donors (Lipinski definition) is 3. The van der Waals surface area contributed by atoms with E-state index < -0.39 is 97.5 Å². The Bertz CT molecular complexity index is 2010. The van der Waals surface area contributed by atoms with Crippen LogP contribution in [-0.2, 0) is 65.4 Å². The summed E-state index contributed by atoms with van der Waals surface area (Å²) in [4.78, 5) is 73.1. The molecular formula is C84H164O17P2. The molecule has 5 unspecified atom stereocenters. The molecule has 0 spiro atoms. The van der Waals surface area contributed by atoms with Gasteiger partial charge in [0.25, 0.3) is 0 Å². The van der Waals surface area contributed by atoms with Crippen LogP contribution < -0.4 is 0 Å². The van der Waals surface area contributed by atoms with Crippen LogP contribution in [0.15, 0.2) is 0 Å². The predicted octanol–water partition coefficient (Wildman–Crippen LogP) is 25.2. The van der Waals surface area contributed by atoms with E-state index in [1.54, 1.807) is 0 Å². The van der Waals surface area contributed by atoms with Crippen molar-refractivity contribution < 1.29 is 80.2 Å². The number of ether oxygens (including phenoxy) is 4. The number of hydrogen-bond acceptors (Lipinski definition) is 15. The first kappa shape index (κ1) is 101. The summed E-state index contributed by atoms with van der Waals surface area (Å²) in [5.41, 5.74) is 0. The second-order valence-electron chi connectivity index (χ2n) is 31.7. The van der Waals surface area contributed by atoms with E-state index in [0.717, 1.165) is 114 Å². The monoisotopic (exact) mass is 1510 g/mol. The number of unbranched alkanes of at least 4 members (excludes halogenated alkanes) is 45. The standard InChI is InChI=1S/C84H164O17P2/c1-9-76(7)62-54-46-38-30-24-20-15-13-11-12-14-16-22-26-33-41-50-58-66-83(88)100-79(70-94-81(86)64-56-48-40-32-25-21-18-17-19-23-29-36-44-52-60-74(3)4)72-98-102(90,91)96-68-78(85)69-97-103(92,93)99-73-80(71-95-82(87)65-57-49-43-35-37-45-53-61-75(5)6)101-84(89)67-59-51-42-34-28-27-31-39-47-55-63-77(8)10-2/h74-80,85H,9-73H2,1-8H3,(H,90,91)(H,92,93)/t76?,77?,78?,79-,80-/m1/s1. The van der Waals surface area contributed by atoms with Gasteiger partial charge in [0.2, 0.25) is 0 Å². The molecule has 0 aliphatic heterocycles. The van der Waals surface area contributed by atoms with Crippen LogP contribution in [0.25, 0.3) is 0 Å². The second kappa shape index (κ2) is 72.9. The molecule has 0 aliphatic carbocycles. The van der Waals surface area contributed by atoms with Gasteiger partial charge < -0.3 is 33.8 Å². The first-order valence-electron chi connectivity index (χ1n) is 43.3. The summed E-state index contributed by atoms with van der Waals surface area (Å²) >= 11 is 0. The van der Waals surface area contributed by atoms with Crippen LogP contribution in [0.1, 0.15) is 434 Å². The Labute approximate surface area is 632 Å². The first-order valence-corrected chi connectivity index (χ1v) is 46.3. The zero-order chi connectivity index (χ0) is 76.0. The fraction of sp³-hybridized carbons (Fsp3) is 0.952. The van der Waals surface area contributed by atoms with Gasteiger partial charge in [-0.3, -0.25) is 37.3 Å². The van der Waals surface area contributed by atoms with E-state index in [-0.39, 0.29) is 25.7 Å². The van der Waals surface area contributed by atoms with Crippen molar-refractivity contribution in [2.24, 2.45) is 23.7 Å². The molecule has 0 saturated carbocycles. The maximum atomic E-state index is 13.1. The van der Waals surface area contributed by atoms with Crippen molar-refractivity contribution in [1.29, 1.82) is 0 Å². The van der Waals surface area contributed by atoms with E-state index in [0.29, 0.717) is 31.6 Å². The quantitative estimate of drug-likeness (QED) is 0.0222. The Kier molecular flexibility index (Phi) is 71.5. The van der Waals surface area contributed by atoms with Crippen LogP contribution in [-0.4, -0.2) is 96.7 Å². The molecule has 0 aliphatic rings. The van der Waals surface area contributed by atoms with Gasteiger partial charge in [-0.2, -0.15) is 0 Å². The molecule has 0 rings (SSSR count). The van der Waals surface area contributed by atoms with Gasteiger partial charge in [0.15, 0.2) is 12.2 Å². The Morgan fingerprint density at radius 2 is 0.466 bits per heavy atom. The average molecular weight is 1510 g/mol. The number of aliphatic hydroxyl groups is 1. The number of phosphoric acid groups is 2. The van der Waals surface area contributed by atoms with Gasteiger partial charge >= 0.3 is 39.5 Å². The van der Waals surface area contributed by atoms with E-state index in [2.05, 4.69) is 55.4 Å². The lowest BCUT2D eigenvalue weighted by atomic mass is 9.99. The Hall–Kier alpha value is -1.94. The van der Waals surface area contributed by atoms with Crippen LogP contribution in [0, 0.1) is 23.7 Å². The molecule has 0 aromatic carbocycles. The average Bonchev–Trinajstić information content (AvgIpc) is 0.944. The molecule has 0 aromatic heterocycles. The second-order valence-corrected chi connectivity index (χ2v) is 34.6. The lowest BCUT2D eigenvalue weighted by Gasteiger charge is -2.21. The smallest absolute Gasteiger partial charge is 0.462 e. The fourth-order valence-electron chi connectivity index (χ4n) is 12.9. The minimum absolute atomic E-state index is 0.105. The molecule has 612 valence electrons. The molecule has 3 N–H and O–H groups in total. The third-order valence-corrected chi connectivity index (χ3v) is 22.2. The molecule has 0 heterocycles. The van der Waals surface area contributed by atoms with Gasteiger partial charge in [-0.15, -0.1) is 0 Å². The van der Waals surface area contributed by atoms with Crippen molar-refractivity contribution in [2.75, 3.05) is 39.6 Å². The molecule has 0 bridgehead atoms. The van der Waals surface area contributed by atoms with E-state index in [9.17, 15) is 43.2 Å². The van der Waals surface area contributed by atoms with Crippen LogP contribution in [0.2, 0.25) is 0 Å². The summed E-state index contributed by atoms with van der Waals surface area (Å²) < 4.78 is 68.8. The minimum atomic E-state index is -4.97. The fourth-order valence-corrected chi connectivity index (χ4v) is 14.5. The summed E-state index contributed by atoms with van der Waals surface area (Å²) in [6.07, 6.45) is 61.1. The van der Waals surface area contributed by atoms with Crippen molar-refractivity contribution in [1.82, 2.24) is 0 Å². The van der Waals surface area contributed by atoms with Gasteiger partial charge in [-0.1, -0.05) is 383 Å². The Morgan fingerprint density at radius 1 is 0.272 bits per heavy atom. The highest BCUT2D eigenvalue weighted by Crippen LogP contribution is 2.45. The molecule has 0 fully saturated rings. The van der Waals surface area contributed by atoms with Crippen LogP contribution >= 0.6 is 15.6 Å². The lowest BCUT2D eigenvalue weighted by molar-refractivity contribution is -0.161. The molecule has 7 atom stereocenters. The summed E-state index contributed by atoms with van der Waals surface area (Å²) in [6.45, 7) is 14.3. The summed E-state index contributed by atoms with van der Waals surface area (Å²) in [5.74, 6) is 1.07. The number of carbonyl (C=O) groups excluding carboxylic acids is 4. The summed E-state index contributed by atoms with van der Waals surface area (Å²) in [7, 11) is -9.93. The highest BCUT2D eigenvalue weighted by molar-refractivity contribution is 7.47. The molecule has 17 nitrogen and oxygen atoms in total. The van der Waals surface area contributed by atoms with Crippen molar-refractivity contribution in [3.8, 4) is 0 Å². The van der Waals surface area contributed by atoms with Crippen LogP contribution in [0.4, 0.5) is 0 Å². The third kappa shape index (κ3) is 75.3. The maximum Gasteiger partial charge on any atom is 0.472 e. The van der Waals surface area contributed by atoms with Crippen LogP contribution in [0.5, 0.6) is 0 Å². The highest BCUT2D eigenvalue weighted by Gasteiger charge is 2.30. The van der Waals surface area contributed by atoms with Crippen LogP contribution in [0.3, 0.4) is 0 Å². The van der Waals surface area contributed by atoms with Gasteiger partial charge in [-0.25, -0.2) is 9.13 Å². The molecule has 0 amide bonds. The van der Waals surface area contributed by atoms with E-state index in [1.165, 1.54) is 231 Å². The highest BCUT2D eigenvalue weighted by atomic mass is 31.2. The van der Waals surface area contributed by atoms with Crippen molar-refractivity contribution in [3.63, 3.8) is 0 Å².